The Morgan fingerprint density at radius 2 is 1.47 bits per heavy atom. The van der Waals surface area contributed by atoms with Crippen LogP contribution in [0, 0.1) is 20.8 Å². The fourth-order valence-electron chi connectivity index (χ4n) is 3.13. The summed E-state index contributed by atoms with van der Waals surface area (Å²) in [5.74, 6) is 0.535. The maximum absolute atomic E-state index is 12.5. The maximum atomic E-state index is 12.5. The van der Waals surface area contributed by atoms with Gasteiger partial charge in [0.25, 0.3) is 5.91 Å². The zero-order chi connectivity index (χ0) is 22.1. The number of amides is 2. The van der Waals surface area contributed by atoms with Crippen molar-refractivity contribution >= 4 is 17.5 Å². The Hall–Kier alpha value is -3.02. The molecule has 2 aromatic carbocycles. The van der Waals surface area contributed by atoms with Gasteiger partial charge in [0.05, 0.1) is 19.8 Å². The van der Waals surface area contributed by atoms with Crippen LogP contribution in [0.1, 0.15) is 53.7 Å². The molecule has 2 amide bonds. The van der Waals surface area contributed by atoms with Crippen molar-refractivity contribution in [1.29, 1.82) is 0 Å². The summed E-state index contributed by atoms with van der Waals surface area (Å²) in [5.41, 5.74) is 4.33. The molecule has 0 saturated heterocycles. The third-order valence-corrected chi connectivity index (χ3v) is 4.48. The molecular formula is C24H32N2O4. The number of hydrogen-bond acceptors (Lipinski definition) is 4. The third-order valence-electron chi connectivity index (χ3n) is 4.48. The zero-order valence-corrected chi connectivity index (χ0v) is 18.6. The number of ether oxygens (including phenoxy) is 2. The summed E-state index contributed by atoms with van der Waals surface area (Å²) in [5, 5.41) is 5.55. The Balaban J connectivity index is 2.02. The zero-order valence-electron chi connectivity index (χ0n) is 18.6. The number of benzene rings is 2. The van der Waals surface area contributed by atoms with Crippen LogP contribution in [0.4, 0.5) is 5.69 Å². The molecule has 6 nitrogen and oxygen atoms in total. The molecule has 2 aromatic rings. The molecule has 0 aliphatic carbocycles. The van der Waals surface area contributed by atoms with E-state index in [2.05, 4.69) is 10.6 Å². The van der Waals surface area contributed by atoms with Gasteiger partial charge in [-0.3, -0.25) is 9.59 Å². The Morgan fingerprint density at radius 3 is 2.07 bits per heavy atom. The van der Waals surface area contributed by atoms with Crippen LogP contribution >= 0.6 is 0 Å². The lowest BCUT2D eigenvalue weighted by atomic mass is 10.1. The van der Waals surface area contributed by atoms with Gasteiger partial charge in [-0.2, -0.15) is 0 Å². The van der Waals surface area contributed by atoms with Crippen molar-refractivity contribution in [1.82, 2.24) is 5.32 Å². The number of carbonyl (C=O) groups is 2. The quantitative estimate of drug-likeness (QED) is 0.600. The van der Waals surface area contributed by atoms with Crippen molar-refractivity contribution in [3.63, 3.8) is 0 Å². The first kappa shape index (κ1) is 23.3. The highest BCUT2D eigenvalue weighted by Gasteiger charge is 2.14. The van der Waals surface area contributed by atoms with Crippen LogP contribution in [0.2, 0.25) is 0 Å². The van der Waals surface area contributed by atoms with Gasteiger partial charge < -0.3 is 20.1 Å². The minimum atomic E-state index is -0.342. The summed E-state index contributed by atoms with van der Waals surface area (Å²) < 4.78 is 11.4. The molecule has 6 heteroatoms. The topological polar surface area (TPSA) is 76.7 Å². The van der Waals surface area contributed by atoms with E-state index in [-0.39, 0.29) is 18.4 Å². The first-order valence-corrected chi connectivity index (χ1v) is 10.4. The average molecular weight is 413 g/mol. The van der Waals surface area contributed by atoms with Crippen molar-refractivity contribution in [3.8, 4) is 11.5 Å². The molecule has 0 fully saturated rings. The van der Waals surface area contributed by atoms with Gasteiger partial charge in [0.2, 0.25) is 5.91 Å². The van der Waals surface area contributed by atoms with E-state index in [0.29, 0.717) is 30.3 Å². The molecule has 0 heterocycles. The van der Waals surface area contributed by atoms with Gasteiger partial charge in [0.1, 0.15) is 0 Å². The summed E-state index contributed by atoms with van der Waals surface area (Å²) in [6.45, 7) is 10.9. The normalized spacial score (nSPS) is 10.4. The number of rotatable bonds is 10. The third kappa shape index (κ3) is 6.51. The SMILES string of the molecule is CCCOc1ccc(C(=O)NCC(=O)Nc2c(C)cc(C)cc2C)cc1OCCC. The van der Waals surface area contributed by atoms with Crippen molar-refractivity contribution in [3.05, 3.63) is 52.6 Å². The van der Waals surface area contributed by atoms with Crippen LogP contribution in [0.15, 0.2) is 30.3 Å². The lowest BCUT2D eigenvalue weighted by Crippen LogP contribution is -2.33. The molecule has 0 bridgehead atoms. The lowest BCUT2D eigenvalue weighted by molar-refractivity contribution is -0.115. The molecule has 30 heavy (non-hydrogen) atoms. The Labute approximate surface area is 179 Å². The van der Waals surface area contributed by atoms with Gasteiger partial charge in [-0.25, -0.2) is 0 Å². The van der Waals surface area contributed by atoms with Gasteiger partial charge in [0.15, 0.2) is 11.5 Å². The molecule has 0 aliphatic heterocycles. The van der Waals surface area contributed by atoms with Gasteiger partial charge in [-0.15, -0.1) is 0 Å². The number of aryl methyl sites for hydroxylation is 3. The molecule has 0 aliphatic rings. The second kappa shape index (κ2) is 11.2. The molecule has 162 valence electrons. The average Bonchev–Trinajstić information content (AvgIpc) is 2.71. The highest BCUT2D eigenvalue weighted by Crippen LogP contribution is 2.29. The van der Waals surface area contributed by atoms with E-state index in [9.17, 15) is 9.59 Å². The van der Waals surface area contributed by atoms with E-state index in [1.807, 2.05) is 46.8 Å². The smallest absolute Gasteiger partial charge is 0.251 e. The molecule has 0 saturated carbocycles. The van der Waals surface area contributed by atoms with Crippen LogP contribution in [0.25, 0.3) is 0 Å². The highest BCUT2D eigenvalue weighted by molar-refractivity contribution is 6.00. The predicted octanol–water partition coefficient (Wildman–Crippen LogP) is 4.56. The fourth-order valence-corrected chi connectivity index (χ4v) is 3.13. The van der Waals surface area contributed by atoms with Crippen molar-refractivity contribution < 1.29 is 19.1 Å². The summed E-state index contributed by atoms with van der Waals surface area (Å²) in [7, 11) is 0. The Kier molecular flexibility index (Phi) is 8.71. The largest absolute Gasteiger partial charge is 0.490 e. The summed E-state index contributed by atoms with van der Waals surface area (Å²) >= 11 is 0. The molecule has 0 radical (unpaired) electrons. The van der Waals surface area contributed by atoms with E-state index in [4.69, 9.17) is 9.47 Å². The monoisotopic (exact) mass is 412 g/mol. The number of carbonyl (C=O) groups excluding carboxylic acids is 2. The van der Waals surface area contributed by atoms with Gasteiger partial charge in [-0.05, 0) is 62.9 Å². The second-order valence-corrected chi connectivity index (χ2v) is 7.36. The van der Waals surface area contributed by atoms with Gasteiger partial charge in [0, 0.05) is 11.3 Å². The molecule has 0 spiro atoms. The molecule has 2 rings (SSSR count). The predicted molar refractivity (Wildman–Crippen MR) is 120 cm³/mol. The number of anilines is 1. The molecule has 2 N–H and O–H groups in total. The maximum Gasteiger partial charge on any atom is 0.251 e. The summed E-state index contributed by atoms with van der Waals surface area (Å²) in [6.07, 6.45) is 1.73. The van der Waals surface area contributed by atoms with E-state index in [1.54, 1.807) is 18.2 Å². The van der Waals surface area contributed by atoms with Crippen molar-refractivity contribution in [2.75, 3.05) is 25.1 Å². The van der Waals surface area contributed by atoms with Crippen LogP contribution in [0.5, 0.6) is 11.5 Å². The minimum absolute atomic E-state index is 0.120. The van der Waals surface area contributed by atoms with Gasteiger partial charge in [-0.1, -0.05) is 31.5 Å². The number of nitrogens with one attached hydrogen (secondary N) is 2. The Bertz CT molecular complexity index is 870. The van der Waals surface area contributed by atoms with Crippen LogP contribution in [-0.2, 0) is 4.79 Å². The molecule has 0 atom stereocenters. The van der Waals surface area contributed by atoms with Crippen LogP contribution in [0.3, 0.4) is 0 Å². The lowest BCUT2D eigenvalue weighted by Gasteiger charge is -2.14. The van der Waals surface area contributed by atoms with Crippen molar-refractivity contribution in [2.24, 2.45) is 0 Å². The standard InChI is InChI=1S/C24H32N2O4/c1-6-10-29-20-9-8-19(14-21(20)30-11-7-2)24(28)25-15-22(27)26-23-17(4)12-16(3)13-18(23)5/h8-9,12-14H,6-7,10-11,15H2,1-5H3,(H,25,28)(H,26,27). The highest BCUT2D eigenvalue weighted by atomic mass is 16.5. The first-order chi connectivity index (χ1) is 14.3. The molecule has 0 aromatic heterocycles. The second-order valence-electron chi connectivity index (χ2n) is 7.36. The fraction of sp³-hybridized carbons (Fsp3) is 0.417. The summed E-state index contributed by atoms with van der Waals surface area (Å²) in [6, 6.07) is 9.09. The van der Waals surface area contributed by atoms with E-state index >= 15 is 0 Å². The number of hydrogen-bond donors (Lipinski definition) is 2. The van der Waals surface area contributed by atoms with E-state index in [1.165, 1.54) is 0 Å². The minimum Gasteiger partial charge on any atom is -0.490 e. The molecular weight excluding hydrogens is 380 g/mol. The van der Waals surface area contributed by atoms with Crippen LogP contribution in [-0.4, -0.2) is 31.6 Å². The Morgan fingerprint density at radius 1 is 0.867 bits per heavy atom. The summed E-state index contributed by atoms with van der Waals surface area (Å²) in [4.78, 5) is 24.9. The van der Waals surface area contributed by atoms with Crippen molar-refractivity contribution in [2.45, 2.75) is 47.5 Å². The van der Waals surface area contributed by atoms with E-state index in [0.717, 1.165) is 35.2 Å². The molecule has 0 unspecified atom stereocenters. The first-order valence-electron chi connectivity index (χ1n) is 10.4. The van der Waals surface area contributed by atoms with Crippen LogP contribution < -0.4 is 20.1 Å². The van der Waals surface area contributed by atoms with Gasteiger partial charge >= 0.3 is 0 Å². The van der Waals surface area contributed by atoms with E-state index < -0.39 is 0 Å².